The van der Waals surface area contributed by atoms with E-state index in [0.29, 0.717) is 0 Å². The van der Waals surface area contributed by atoms with Gasteiger partial charge in [0, 0.05) is 42.0 Å². The molecule has 0 aliphatic carbocycles. The minimum Gasteiger partial charge on any atom is -0.303 e. The molecule has 0 spiro atoms. The average molecular weight is 236 g/mol. The molecule has 2 aromatic rings. The van der Waals surface area contributed by atoms with Crippen molar-refractivity contribution in [3.8, 4) is 0 Å². The first kappa shape index (κ1) is 11.3. The van der Waals surface area contributed by atoms with Gasteiger partial charge in [0.05, 0.1) is 11.7 Å². The summed E-state index contributed by atoms with van der Waals surface area (Å²) in [6.45, 7) is 5.16. The topological polar surface area (TPSA) is 42.7 Å². The summed E-state index contributed by atoms with van der Waals surface area (Å²) < 4.78 is 1.82. The monoisotopic (exact) mass is 236 g/mol. The molecule has 0 atom stereocenters. The van der Waals surface area contributed by atoms with Crippen LogP contribution < -0.4 is 5.32 Å². The second-order valence-electron chi connectivity index (χ2n) is 4.35. The van der Waals surface area contributed by atoms with Crippen LogP contribution in [0, 0.1) is 0 Å². The van der Waals surface area contributed by atoms with Crippen molar-refractivity contribution in [2.75, 3.05) is 0 Å². The highest BCUT2D eigenvalue weighted by molar-refractivity contribution is 7.09. The Morgan fingerprint density at radius 2 is 2.25 bits per heavy atom. The lowest BCUT2D eigenvalue weighted by Crippen LogP contribution is -2.35. The number of thiazole rings is 1. The highest BCUT2D eigenvalue weighted by Gasteiger charge is 2.21. The largest absolute Gasteiger partial charge is 0.303 e. The van der Waals surface area contributed by atoms with Gasteiger partial charge in [0.15, 0.2) is 0 Å². The molecule has 4 nitrogen and oxygen atoms in total. The van der Waals surface area contributed by atoms with Crippen molar-refractivity contribution < 1.29 is 0 Å². The van der Waals surface area contributed by atoms with Crippen molar-refractivity contribution in [2.24, 2.45) is 7.05 Å². The number of rotatable bonds is 4. The zero-order chi connectivity index (χ0) is 11.6. The minimum absolute atomic E-state index is 0.0712. The SMILES string of the molecule is Cn1cc(C(C)(C)NCc2cncs2)cn1. The fourth-order valence-electron chi connectivity index (χ4n) is 1.48. The van der Waals surface area contributed by atoms with Crippen LogP contribution in [0.15, 0.2) is 24.1 Å². The van der Waals surface area contributed by atoms with E-state index in [0.717, 1.165) is 6.54 Å². The van der Waals surface area contributed by atoms with Crippen LogP contribution in [0.5, 0.6) is 0 Å². The van der Waals surface area contributed by atoms with Crippen LogP contribution in [0.25, 0.3) is 0 Å². The van der Waals surface area contributed by atoms with Gasteiger partial charge in [-0.25, -0.2) is 0 Å². The van der Waals surface area contributed by atoms with Crippen LogP contribution in [-0.2, 0) is 19.1 Å². The lowest BCUT2D eigenvalue weighted by Gasteiger charge is -2.24. The predicted molar refractivity (Wildman–Crippen MR) is 65.2 cm³/mol. The first-order valence-electron chi connectivity index (χ1n) is 5.19. The molecule has 0 aromatic carbocycles. The molecule has 2 aromatic heterocycles. The van der Waals surface area contributed by atoms with Crippen LogP contribution in [0.2, 0.25) is 0 Å². The maximum absolute atomic E-state index is 4.19. The van der Waals surface area contributed by atoms with Crippen molar-refractivity contribution in [3.63, 3.8) is 0 Å². The summed E-state index contributed by atoms with van der Waals surface area (Å²) in [4.78, 5) is 5.31. The van der Waals surface area contributed by atoms with E-state index in [9.17, 15) is 0 Å². The molecule has 2 rings (SSSR count). The normalized spacial score (nSPS) is 11.9. The van der Waals surface area contributed by atoms with Gasteiger partial charge in [-0.3, -0.25) is 9.67 Å². The Morgan fingerprint density at radius 3 is 2.81 bits per heavy atom. The van der Waals surface area contributed by atoms with E-state index in [1.54, 1.807) is 11.3 Å². The molecule has 0 radical (unpaired) electrons. The van der Waals surface area contributed by atoms with Gasteiger partial charge in [0.2, 0.25) is 0 Å². The Bertz CT molecular complexity index is 444. The van der Waals surface area contributed by atoms with Gasteiger partial charge < -0.3 is 5.32 Å². The van der Waals surface area contributed by atoms with E-state index < -0.39 is 0 Å². The minimum atomic E-state index is -0.0712. The summed E-state index contributed by atoms with van der Waals surface area (Å²) in [6.07, 6.45) is 5.84. The molecule has 2 heterocycles. The summed E-state index contributed by atoms with van der Waals surface area (Å²) in [5, 5.41) is 7.70. The third kappa shape index (κ3) is 2.48. The van der Waals surface area contributed by atoms with Crippen molar-refractivity contribution >= 4 is 11.3 Å². The highest BCUT2D eigenvalue weighted by Crippen LogP contribution is 2.20. The van der Waals surface area contributed by atoms with Crippen LogP contribution in [0.3, 0.4) is 0 Å². The standard InChI is InChI=1S/C11H16N4S/c1-11(2,9-4-14-15(3)7-9)13-6-10-5-12-8-16-10/h4-5,7-8,13H,6H2,1-3H3. The van der Waals surface area contributed by atoms with Gasteiger partial charge >= 0.3 is 0 Å². The van der Waals surface area contributed by atoms with Crippen molar-refractivity contribution in [1.82, 2.24) is 20.1 Å². The van der Waals surface area contributed by atoms with Gasteiger partial charge in [0.1, 0.15) is 0 Å². The highest BCUT2D eigenvalue weighted by atomic mass is 32.1. The van der Waals surface area contributed by atoms with Gasteiger partial charge in [-0.1, -0.05) is 0 Å². The molecule has 0 saturated heterocycles. The van der Waals surface area contributed by atoms with E-state index in [1.807, 2.05) is 35.8 Å². The maximum Gasteiger partial charge on any atom is 0.0794 e. The number of hydrogen-bond acceptors (Lipinski definition) is 4. The average Bonchev–Trinajstić information content (AvgIpc) is 2.85. The molecule has 86 valence electrons. The zero-order valence-electron chi connectivity index (χ0n) is 9.77. The molecular weight excluding hydrogens is 220 g/mol. The molecule has 0 amide bonds. The summed E-state index contributed by atoms with van der Waals surface area (Å²) >= 11 is 1.67. The summed E-state index contributed by atoms with van der Waals surface area (Å²) in [7, 11) is 1.93. The Hall–Kier alpha value is -1.20. The van der Waals surface area contributed by atoms with E-state index in [2.05, 4.69) is 29.2 Å². The number of nitrogens with one attached hydrogen (secondary N) is 1. The number of nitrogens with zero attached hydrogens (tertiary/aromatic N) is 3. The lowest BCUT2D eigenvalue weighted by molar-refractivity contribution is 0.402. The smallest absolute Gasteiger partial charge is 0.0794 e. The molecule has 0 aliphatic heterocycles. The van der Waals surface area contributed by atoms with E-state index in [-0.39, 0.29) is 5.54 Å². The molecule has 0 fully saturated rings. The Morgan fingerprint density at radius 1 is 1.44 bits per heavy atom. The molecule has 0 unspecified atom stereocenters. The zero-order valence-corrected chi connectivity index (χ0v) is 10.6. The summed E-state index contributed by atoms with van der Waals surface area (Å²) in [5.74, 6) is 0. The number of hydrogen-bond donors (Lipinski definition) is 1. The second-order valence-corrected chi connectivity index (χ2v) is 5.32. The number of aromatic nitrogens is 3. The molecular formula is C11H16N4S. The third-order valence-corrected chi connectivity index (χ3v) is 3.39. The predicted octanol–water partition coefficient (Wildman–Crippen LogP) is 1.90. The summed E-state index contributed by atoms with van der Waals surface area (Å²) in [6, 6.07) is 0. The Kier molecular flexibility index (Phi) is 3.07. The van der Waals surface area contributed by atoms with Crippen molar-refractivity contribution in [1.29, 1.82) is 0 Å². The van der Waals surface area contributed by atoms with Crippen LogP contribution in [-0.4, -0.2) is 14.8 Å². The van der Waals surface area contributed by atoms with Gasteiger partial charge in [-0.2, -0.15) is 5.10 Å². The quantitative estimate of drug-likeness (QED) is 0.881. The van der Waals surface area contributed by atoms with Crippen LogP contribution >= 0.6 is 11.3 Å². The molecule has 0 bridgehead atoms. The van der Waals surface area contributed by atoms with Gasteiger partial charge in [0.25, 0.3) is 0 Å². The van der Waals surface area contributed by atoms with E-state index in [4.69, 9.17) is 0 Å². The van der Waals surface area contributed by atoms with Crippen LogP contribution in [0.1, 0.15) is 24.3 Å². The first-order valence-corrected chi connectivity index (χ1v) is 6.07. The maximum atomic E-state index is 4.19. The third-order valence-electron chi connectivity index (χ3n) is 2.61. The fourth-order valence-corrected chi connectivity index (χ4v) is 2.02. The lowest BCUT2D eigenvalue weighted by atomic mass is 9.98. The Balaban J connectivity index is 2.02. The molecule has 0 saturated carbocycles. The van der Waals surface area contributed by atoms with Crippen LogP contribution in [0.4, 0.5) is 0 Å². The number of aryl methyl sites for hydroxylation is 1. The van der Waals surface area contributed by atoms with E-state index >= 15 is 0 Å². The van der Waals surface area contributed by atoms with Crippen molar-refractivity contribution in [2.45, 2.75) is 25.9 Å². The first-order chi connectivity index (χ1) is 7.58. The molecule has 0 aliphatic rings. The van der Waals surface area contributed by atoms with Gasteiger partial charge in [-0.05, 0) is 13.8 Å². The molecule has 5 heteroatoms. The molecule has 1 N–H and O–H groups in total. The molecule has 16 heavy (non-hydrogen) atoms. The van der Waals surface area contributed by atoms with Gasteiger partial charge in [-0.15, -0.1) is 11.3 Å². The fraction of sp³-hybridized carbons (Fsp3) is 0.455. The second kappa shape index (κ2) is 4.35. The van der Waals surface area contributed by atoms with Crippen molar-refractivity contribution in [3.05, 3.63) is 34.5 Å². The van der Waals surface area contributed by atoms with E-state index in [1.165, 1.54) is 10.4 Å². The summed E-state index contributed by atoms with van der Waals surface area (Å²) in [5.41, 5.74) is 2.98. The Labute approximate surface area is 99.3 Å².